The van der Waals surface area contributed by atoms with E-state index in [1.807, 2.05) is 12.1 Å². The van der Waals surface area contributed by atoms with Crippen LogP contribution in [0.4, 0.5) is 0 Å². The molecule has 1 heterocycles. The van der Waals surface area contributed by atoms with Crippen LogP contribution in [-0.4, -0.2) is 22.4 Å². The van der Waals surface area contributed by atoms with Crippen LogP contribution >= 0.6 is 0 Å². The second-order valence-electron chi connectivity index (χ2n) is 4.42. The number of H-pyrrole nitrogens is 2. The van der Waals surface area contributed by atoms with E-state index < -0.39 is 0 Å². The average molecular weight is 248 g/mol. The van der Waals surface area contributed by atoms with Gasteiger partial charge in [-0.15, -0.1) is 0 Å². The van der Waals surface area contributed by atoms with Crippen LogP contribution in [0.5, 0.6) is 11.6 Å². The predicted molar refractivity (Wildman–Crippen MR) is 69.2 cm³/mol. The Balaban J connectivity index is 2.68. The minimum absolute atomic E-state index is 0.181. The largest absolute Gasteiger partial charge is 0.496 e. The van der Waals surface area contributed by atoms with Crippen LogP contribution < -0.4 is 10.3 Å². The van der Waals surface area contributed by atoms with Gasteiger partial charge in [-0.05, 0) is 23.6 Å². The fourth-order valence-electron chi connectivity index (χ4n) is 1.88. The first-order valence-corrected chi connectivity index (χ1v) is 5.72. The molecule has 0 amide bonds. The smallest absolute Gasteiger partial charge is 0.275 e. The second-order valence-corrected chi connectivity index (χ2v) is 4.42. The van der Waals surface area contributed by atoms with Gasteiger partial charge in [-0.1, -0.05) is 19.9 Å². The molecule has 96 valence electrons. The lowest BCUT2D eigenvalue weighted by atomic mass is 9.97. The Morgan fingerprint density at radius 1 is 1.28 bits per heavy atom. The highest BCUT2D eigenvalue weighted by Gasteiger charge is 2.17. The van der Waals surface area contributed by atoms with Crippen LogP contribution in [0.2, 0.25) is 0 Å². The summed E-state index contributed by atoms with van der Waals surface area (Å²) in [6.07, 6.45) is 0. The molecule has 0 saturated carbocycles. The number of rotatable bonds is 3. The molecule has 0 aliphatic rings. The summed E-state index contributed by atoms with van der Waals surface area (Å²) in [5.74, 6) is 0.703. The van der Waals surface area contributed by atoms with Crippen molar-refractivity contribution in [3.05, 3.63) is 34.1 Å². The lowest BCUT2D eigenvalue weighted by molar-refractivity contribution is 0.415. The third-order valence-electron chi connectivity index (χ3n) is 2.92. The number of benzene rings is 1. The van der Waals surface area contributed by atoms with Crippen molar-refractivity contribution in [3.8, 4) is 22.8 Å². The number of ether oxygens (including phenoxy) is 1. The van der Waals surface area contributed by atoms with E-state index in [4.69, 9.17) is 4.74 Å². The number of hydrogen-bond acceptors (Lipinski definition) is 3. The van der Waals surface area contributed by atoms with Gasteiger partial charge in [0.1, 0.15) is 11.3 Å². The van der Waals surface area contributed by atoms with Gasteiger partial charge in [-0.3, -0.25) is 15.0 Å². The zero-order valence-electron chi connectivity index (χ0n) is 10.6. The fourth-order valence-corrected chi connectivity index (χ4v) is 1.88. The summed E-state index contributed by atoms with van der Waals surface area (Å²) >= 11 is 0. The highest BCUT2D eigenvalue weighted by atomic mass is 16.5. The number of aromatic hydroxyl groups is 1. The third kappa shape index (κ3) is 1.99. The summed E-state index contributed by atoms with van der Waals surface area (Å²) < 4.78 is 5.24. The topological polar surface area (TPSA) is 78.1 Å². The quantitative estimate of drug-likeness (QED) is 0.779. The first-order valence-electron chi connectivity index (χ1n) is 5.72. The molecule has 0 unspecified atom stereocenters. The Morgan fingerprint density at radius 2 is 2.00 bits per heavy atom. The molecule has 2 aromatic rings. The van der Waals surface area contributed by atoms with E-state index in [2.05, 4.69) is 24.0 Å². The monoisotopic (exact) mass is 248 g/mol. The zero-order valence-corrected chi connectivity index (χ0v) is 10.6. The zero-order chi connectivity index (χ0) is 13.3. The first kappa shape index (κ1) is 12.3. The Morgan fingerprint density at radius 3 is 2.50 bits per heavy atom. The van der Waals surface area contributed by atoms with E-state index in [0.29, 0.717) is 17.2 Å². The van der Waals surface area contributed by atoms with Gasteiger partial charge in [0.05, 0.1) is 7.11 Å². The molecule has 5 nitrogen and oxygen atoms in total. The highest BCUT2D eigenvalue weighted by molar-refractivity contribution is 5.74. The maximum Gasteiger partial charge on any atom is 0.275 e. The van der Waals surface area contributed by atoms with Gasteiger partial charge in [-0.25, -0.2) is 0 Å². The maximum atomic E-state index is 11.7. The third-order valence-corrected chi connectivity index (χ3v) is 2.92. The van der Waals surface area contributed by atoms with Gasteiger partial charge in [0.15, 0.2) is 0 Å². The van der Waals surface area contributed by atoms with Gasteiger partial charge in [0, 0.05) is 5.56 Å². The molecule has 0 aliphatic heterocycles. The molecule has 1 aromatic carbocycles. The van der Waals surface area contributed by atoms with Crippen molar-refractivity contribution in [1.29, 1.82) is 0 Å². The summed E-state index contributed by atoms with van der Waals surface area (Å²) in [6.45, 7) is 4.12. The molecule has 0 aliphatic carbocycles. The van der Waals surface area contributed by atoms with Crippen molar-refractivity contribution in [2.75, 3.05) is 7.11 Å². The molecule has 2 rings (SSSR count). The van der Waals surface area contributed by atoms with Crippen molar-refractivity contribution >= 4 is 0 Å². The minimum Gasteiger partial charge on any atom is -0.496 e. The van der Waals surface area contributed by atoms with Gasteiger partial charge in [-0.2, -0.15) is 0 Å². The van der Waals surface area contributed by atoms with Gasteiger partial charge < -0.3 is 9.84 Å². The second kappa shape index (κ2) is 4.60. The standard InChI is InChI=1S/C13H16N2O3/c1-7(2)8-4-5-10(18-3)9(6-8)11-12(16)14-15-13(11)17/h4-7H,1-3H3,(H3,14,15,16,17). The van der Waals surface area contributed by atoms with E-state index >= 15 is 0 Å². The predicted octanol–water partition coefficient (Wildman–Crippen LogP) is 2.21. The molecule has 0 radical (unpaired) electrons. The van der Waals surface area contributed by atoms with Crippen LogP contribution in [-0.2, 0) is 0 Å². The molecular formula is C13H16N2O3. The average Bonchev–Trinajstić information content (AvgIpc) is 2.68. The lowest BCUT2D eigenvalue weighted by Gasteiger charge is -2.11. The number of methoxy groups -OCH3 is 1. The first-order chi connectivity index (χ1) is 8.54. The lowest BCUT2D eigenvalue weighted by Crippen LogP contribution is -2.03. The Bertz CT molecular complexity index is 611. The summed E-state index contributed by atoms with van der Waals surface area (Å²) in [5, 5.41) is 14.4. The van der Waals surface area contributed by atoms with Crippen molar-refractivity contribution < 1.29 is 9.84 Å². The SMILES string of the molecule is COc1ccc(C(C)C)cc1-c1c(O)[nH][nH]c1=O. The highest BCUT2D eigenvalue weighted by Crippen LogP contribution is 2.34. The summed E-state index contributed by atoms with van der Waals surface area (Å²) in [7, 11) is 1.53. The van der Waals surface area contributed by atoms with E-state index in [1.54, 1.807) is 6.07 Å². The molecule has 0 fully saturated rings. The number of nitrogens with one attached hydrogen (secondary N) is 2. The van der Waals surface area contributed by atoms with E-state index in [9.17, 15) is 9.90 Å². The van der Waals surface area contributed by atoms with Gasteiger partial charge >= 0.3 is 0 Å². The van der Waals surface area contributed by atoms with Crippen molar-refractivity contribution in [3.63, 3.8) is 0 Å². The summed E-state index contributed by atoms with van der Waals surface area (Å²) in [4.78, 5) is 11.7. The Hall–Kier alpha value is -2.17. The normalized spacial score (nSPS) is 10.9. The van der Waals surface area contributed by atoms with Crippen molar-refractivity contribution in [2.24, 2.45) is 0 Å². The van der Waals surface area contributed by atoms with Crippen molar-refractivity contribution in [1.82, 2.24) is 10.2 Å². The van der Waals surface area contributed by atoms with Gasteiger partial charge in [0.25, 0.3) is 5.56 Å². The number of aromatic nitrogens is 2. The molecule has 0 saturated heterocycles. The minimum atomic E-state index is -0.369. The number of aromatic amines is 2. The van der Waals surface area contributed by atoms with Crippen LogP contribution in [0.1, 0.15) is 25.3 Å². The molecular weight excluding hydrogens is 232 g/mol. The molecule has 0 atom stereocenters. The molecule has 1 aromatic heterocycles. The van der Waals surface area contributed by atoms with Gasteiger partial charge in [0.2, 0.25) is 5.88 Å². The Labute approximate surface area is 104 Å². The maximum absolute atomic E-state index is 11.7. The Kier molecular flexibility index (Phi) is 3.14. The van der Waals surface area contributed by atoms with E-state index in [0.717, 1.165) is 5.56 Å². The van der Waals surface area contributed by atoms with Crippen LogP contribution in [0.3, 0.4) is 0 Å². The molecule has 0 bridgehead atoms. The van der Waals surface area contributed by atoms with Crippen LogP contribution in [0.15, 0.2) is 23.0 Å². The molecule has 3 N–H and O–H groups in total. The number of hydrogen-bond donors (Lipinski definition) is 3. The van der Waals surface area contributed by atoms with E-state index in [-0.39, 0.29) is 17.0 Å². The summed E-state index contributed by atoms with van der Waals surface area (Å²) in [6, 6.07) is 5.61. The molecule has 18 heavy (non-hydrogen) atoms. The fraction of sp³-hybridized carbons (Fsp3) is 0.308. The van der Waals surface area contributed by atoms with Crippen molar-refractivity contribution in [2.45, 2.75) is 19.8 Å². The molecule has 5 heteroatoms. The summed E-state index contributed by atoms with van der Waals surface area (Å²) in [5.41, 5.74) is 1.50. The van der Waals surface area contributed by atoms with E-state index in [1.165, 1.54) is 7.11 Å². The molecule has 0 spiro atoms. The van der Waals surface area contributed by atoms with Crippen LogP contribution in [0.25, 0.3) is 11.1 Å². The van der Waals surface area contributed by atoms with Crippen LogP contribution in [0, 0.1) is 0 Å².